The second kappa shape index (κ2) is 5.71. The van der Waals surface area contributed by atoms with Crippen molar-refractivity contribution in [3.05, 3.63) is 0 Å². The Hall–Kier alpha value is -0.0800. The van der Waals surface area contributed by atoms with Crippen molar-refractivity contribution in [1.29, 1.82) is 0 Å². The standard InChI is InChI=1S/C15H30N2/c1-15(2,3)14-5-4-10-17(12-14)11-13-6-8-16-9-7-13/h13-14,16H,4-12H2,1-3H3. The molecule has 2 aliphatic rings. The average molecular weight is 238 g/mol. The molecule has 1 N–H and O–H groups in total. The molecular formula is C15H30N2. The highest BCUT2D eigenvalue weighted by Gasteiger charge is 2.30. The highest BCUT2D eigenvalue weighted by Crippen LogP contribution is 2.33. The molecule has 2 fully saturated rings. The zero-order valence-corrected chi connectivity index (χ0v) is 12.0. The van der Waals surface area contributed by atoms with Crippen LogP contribution in [0.5, 0.6) is 0 Å². The molecule has 0 amide bonds. The largest absolute Gasteiger partial charge is 0.317 e. The Bertz CT molecular complexity index is 226. The normalized spacial score (nSPS) is 29.5. The molecule has 2 heterocycles. The third-order valence-electron chi connectivity index (χ3n) is 4.71. The second-order valence-electron chi connectivity index (χ2n) is 7.16. The fourth-order valence-electron chi connectivity index (χ4n) is 3.36. The first-order valence-electron chi connectivity index (χ1n) is 7.49. The summed E-state index contributed by atoms with van der Waals surface area (Å²) in [7, 11) is 0. The van der Waals surface area contributed by atoms with E-state index in [-0.39, 0.29) is 0 Å². The van der Waals surface area contributed by atoms with E-state index in [1.165, 1.54) is 58.4 Å². The fraction of sp³-hybridized carbons (Fsp3) is 1.00. The van der Waals surface area contributed by atoms with Crippen molar-refractivity contribution < 1.29 is 0 Å². The summed E-state index contributed by atoms with van der Waals surface area (Å²) in [6.07, 6.45) is 5.62. The monoisotopic (exact) mass is 238 g/mol. The van der Waals surface area contributed by atoms with Crippen LogP contribution >= 0.6 is 0 Å². The summed E-state index contributed by atoms with van der Waals surface area (Å²) in [6.45, 7) is 13.7. The number of hydrogen-bond donors (Lipinski definition) is 1. The van der Waals surface area contributed by atoms with Gasteiger partial charge in [0.2, 0.25) is 0 Å². The van der Waals surface area contributed by atoms with E-state index < -0.39 is 0 Å². The molecular weight excluding hydrogens is 208 g/mol. The van der Waals surface area contributed by atoms with Crippen molar-refractivity contribution in [3.63, 3.8) is 0 Å². The fourth-order valence-corrected chi connectivity index (χ4v) is 3.36. The molecule has 2 nitrogen and oxygen atoms in total. The molecule has 0 saturated carbocycles. The van der Waals surface area contributed by atoms with E-state index in [9.17, 15) is 0 Å². The van der Waals surface area contributed by atoms with Crippen molar-refractivity contribution in [3.8, 4) is 0 Å². The molecule has 0 aromatic heterocycles. The Labute approximate surface area is 107 Å². The van der Waals surface area contributed by atoms with Crippen LogP contribution in [0.25, 0.3) is 0 Å². The number of nitrogens with zero attached hydrogens (tertiary/aromatic N) is 1. The zero-order valence-electron chi connectivity index (χ0n) is 12.0. The summed E-state index contributed by atoms with van der Waals surface area (Å²) >= 11 is 0. The van der Waals surface area contributed by atoms with Gasteiger partial charge in [0.1, 0.15) is 0 Å². The van der Waals surface area contributed by atoms with Crippen LogP contribution in [0.1, 0.15) is 46.5 Å². The molecule has 100 valence electrons. The number of piperidine rings is 2. The Morgan fingerprint density at radius 1 is 1.12 bits per heavy atom. The van der Waals surface area contributed by atoms with Crippen LogP contribution in [-0.4, -0.2) is 37.6 Å². The van der Waals surface area contributed by atoms with Crippen LogP contribution in [0.15, 0.2) is 0 Å². The Kier molecular flexibility index (Phi) is 4.48. The third-order valence-corrected chi connectivity index (χ3v) is 4.71. The van der Waals surface area contributed by atoms with Crippen LogP contribution in [0.2, 0.25) is 0 Å². The van der Waals surface area contributed by atoms with Crippen LogP contribution in [0.3, 0.4) is 0 Å². The molecule has 2 saturated heterocycles. The summed E-state index contributed by atoms with van der Waals surface area (Å²) < 4.78 is 0. The van der Waals surface area contributed by atoms with Gasteiger partial charge in [0, 0.05) is 13.1 Å². The van der Waals surface area contributed by atoms with Crippen molar-refractivity contribution in [2.24, 2.45) is 17.3 Å². The van der Waals surface area contributed by atoms with E-state index in [4.69, 9.17) is 0 Å². The molecule has 0 radical (unpaired) electrons. The van der Waals surface area contributed by atoms with Gasteiger partial charge in [-0.3, -0.25) is 0 Å². The quantitative estimate of drug-likeness (QED) is 0.796. The molecule has 1 atom stereocenters. The second-order valence-corrected chi connectivity index (χ2v) is 7.16. The molecule has 2 aliphatic heterocycles. The van der Waals surface area contributed by atoms with E-state index in [1.807, 2.05) is 0 Å². The van der Waals surface area contributed by atoms with Gasteiger partial charge < -0.3 is 10.2 Å². The van der Waals surface area contributed by atoms with Gasteiger partial charge >= 0.3 is 0 Å². The SMILES string of the molecule is CC(C)(C)C1CCCN(CC2CCNCC2)C1. The first-order chi connectivity index (χ1) is 8.05. The highest BCUT2D eigenvalue weighted by atomic mass is 15.1. The predicted octanol–water partition coefficient (Wildman–Crippen LogP) is 2.74. The van der Waals surface area contributed by atoms with E-state index in [0.29, 0.717) is 5.41 Å². The third kappa shape index (κ3) is 3.96. The lowest BCUT2D eigenvalue weighted by atomic mass is 9.76. The van der Waals surface area contributed by atoms with E-state index in [0.717, 1.165) is 11.8 Å². The Morgan fingerprint density at radius 3 is 2.47 bits per heavy atom. The number of rotatable bonds is 2. The lowest BCUT2D eigenvalue weighted by Crippen LogP contribution is -2.44. The van der Waals surface area contributed by atoms with E-state index in [2.05, 4.69) is 31.0 Å². The van der Waals surface area contributed by atoms with Crippen LogP contribution in [0.4, 0.5) is 0 Å². The van der Waals surface area contributed by atoms with E-state index in [1.54, 1.807) is 0 Å². The van der Waals surface area contributed by atoms with Gasteiger partial charge in [-0.25, -0.2) is 0 Å². The maximum atomic E-state index is 3.47. The Morgan fingerprint density at radius 2 is 1.82 bits per heavy atom. The van der Waals surface area contributed by atoms with Gasteiger partial charge in [-0.1, -0.05) is 20.8 Å². The van der Waals surface area contributed by atoms with Gasteiger partial charge in [0.05, 0.1) is 0 Å². The summed E-state index contributed by atoms with van der Waals surface area (Å²) in [5.41, 5.74) is 0.493. The van der Waals surface area contributed by atoms with Gasteiger partial charge in [0.15, 0.2) is 0 Å². The highest BCUT2D eigenvalue weighted by molar-refractivity contribution is 4.83. The van der Waals surface area contributed by atoms with Crippen LogP contribution in [-0.2, 0) is 0 Å². The zero-order chi connectivity index (χ0) is 12.3. The number of nitrogens with one attached hydrogen (secondary N) is 1. The summed E-state index contributed by atoms with van der Waals surface area (Å²) in [6, 6.07) is 0. The first-order valence-corrected chi connectivity index (χ1v) is 7.49. The van der Waals surface area contributed by atoms with Gasteiger partial charge in [0.25, 0.3) is 0 Å². The molecule has 0 bridgehead atoms. The topological polar surface area (TPSA) is 15.3 Å². The average Bonchev–Trinajstić information content (AvgIpc) is 2.29. The van der Waals surface area contributed by atoms with Gasteiger partial charge in [-0.2, -0.15) is 0 Å². The van der Waals surface area contributed by atoms with Crippen LogP contribution < -0.4 is 5.32 Å². The predicted molar refractivity (Wildman–Crippen MR) is 74.2 cm³/mol. The minimum Gasteiger partial charge on any atom is -0.317 e. The maximum Gasteiger partial charge on any atom is 0.00148 e. The van der Waals surface area contributed by atoms with Crippen molar-refractivity contribution in [2.75, 3.05) is 32.7 Å². The molecule has 0 aliphatic carbocycles. The van der Waals surface area contributed by atoms with Gasteiger partial charge in [-0.05, 0) is 62.6 Å². The summed E-state index contributed by atoms with van der Waals surface area (Å²) in [5.74, 6) is 1.85. The van der Waals surface area contributed by atoms with E-state index >= 15 is 0 Å². The molecule has 17 heavy (non-hydrogen) atoms. The van der Waals surface area contributed by atoms with Crippen LogP contribution in [0, 0.1) is 17.3 Å². The molecule has 2 rings (SSSR count). The Balaban J connectivity index is 1.80. The first kappa shape index (κ1) is 13.4. The lowest BCUT2D eigenvalue weighted by Gasteiger charge is -2.41. The molecule has 2 heteroatoms. The lowest BCUT2D eigenvalue weighted by molar-refractivity contribution is 0.0827. The molecule has 0 aromatic carbocycles. The number of likely N-dealkylation sites (tertiary alicyclic amines) is 1. The van der Waals surface area contributed by atoms with Crippen molar-refractivity contribution >= 4 is 0 Å². The number of hydrogen-bond acceptors (Lipinski definition) is 2. The minimum atomic E-state index is 0.493. The minimum absolute atomic E-state index is 0.493. The summed E-state index contributed by atoms with van der Waals surface area (Å²) in [5, 5.41) is 3.47. The molecule has 0 spiro atoms. The molecule has 0 aromatic rings. The summed E-state index contributed by atoms with van der Waals surface area (Å²) in [4.78, 5) is 2.75. The maximum absolute atomic E-state index is 3.47. The van der Waals surface area contributed by atoms with Crippen molar-refractivity contribution in [1.82, 2.24) is 10.2 Å². The van der Waals surface area contributed by atoms with Gasteiger partial charge in [-0.15, -0.1) is 0 Å². The molecule has 1 unspecified atom stereocenters. The smallest absolute Gasteiger partial charge is 0.00148 e. The van der Waals surface area contributed by atoms with Crippen molar-refractivity contribution in [2.45, 2.75) is 46.5 Å².